The van der Waals surface area contributed by atoms with Crippen LogP contribution in [0.25, 0.3) is 0 Å². The molecule has 1 aliphatic heterocycles. The molecule has 102 valence electrons. The van der Waals surface area contributed by atoms with Crippen molar-refractivity contribution < 1.29 is 4.74 Å². The molecule has 0 saturated carbocycles. The first-order chi connectivity index (χ1) is 8.77. The highest BCUT2D eigenvalue weighted by Crippen LogP contribution is 2.17. The molecule has 0 bridgehead atoms. The number of rotatable bonds is 8. The van der Waals surface area contributed by atoms with Gasteiger partial charge in [-0.3, -0.25) is 0 Å². The van der Waals surface area contributed by atoms with Crippen LogP contribution in [0.3, 0.4) is 0 Å². The SMILES string of the molecule is CCCOC(C)CCC1=CC=CC=CN1CCC. The fourth-order valence-electron chi connectivity index (χ4n) is 2.02. The van der Waals surface area contributed by atoms with Crippen molar-refractivity contribution in [2.24, 2.45) is 0 Å². The van der Waals surface area contributed by atoms with Crippen molar-refractivity contribution in [3.63, 3.8) is 0 Å². The van der Waals surface area contributed by atoms with E-state index in [1.54, 1.807) is 0 Å². The number of allylic oxidation sites excluding steroid dienone is 5. The number of nitrogens with zero attached hydrogens (tertiary/aromatic N) is 1. The predicted molar refractivity (Wildman–Crippen MR) is 78.3 cm³/mol. The average molecular weight is 249 g/mol. The molecule has 0 aromatic carbocycles. The second-order valence-corrected chi connectivity index (χ2v) is 4.80. The number of hydrogen-bond acceptors (Lipinski definition) is 2. The summed E-state index contributed by atoms with van der Waals surface area (Å²) < 4.78 is 5.73. The zero-order valence-corrected chi connectivity index (χ0v) is 12.1. The van der Waals surface area contributed by atoms with Crippen molar-refractivity contribution in [2.75, 3.05) is 13.2 Å². The van der Waals surface area contributed by atoms with Gasteiger partial charge in [-0.1, -0.05) is 26.0 Å². The highest BCUT2D eigenvalue weighted by Gasteiger charge is 2.09. The van der Waals surface area contributed by atoms with E-state index in [0.29, 0.717) is 6.10 Å². The van der Waals surface area contributed by atoms with Gasteiger partial charge < -0.3 is 9.64 Å². The van der Waals surface area contributed by atoms with E-state index in [4.69, 9.17) is 4.74 Å². The van der Waals surface area contributed by atoms with Crippen molar-refractivity contribution in [1.29, 1.82) is 0 Å². The Kier molecular flexibility index (Phi) is 7.51. The van der Waals surface area contributed by atoms with Crippen LogP contribution in [0.5, 0.6) is 0 Å². The van der Waals surface area contributed by atoms with Crippen LogP contribution in [0.2, 0.25) is 0 Å². The predicted octanol–water partition coefficient (Wildman–Crippen LogP) is 4.26. The van der Waals surface area contributed by atoms with Gasteiger partial charge in [0.25, 0.3) is 0 Å². The van der Waals surface area contributed by atoms with E-state index in [1.807, 2.05) is 0 Å². The maximum atomic E-state index is 5.73. The lowest BCUT2D eigenvalue weighted by atomic mass is 10.1. The Bertz CT molecular complexity index is 304. The molecule has 0 N–H and O–H groups in total. The lowest BCUT2D eigenvalue weighted by Crippen LogP contribution is -2.19. The molecule has 1 aliphatic rings. The lowest BCUT2D eigenvalue weighted by molar-refractivity contribution is 0.0600. The van der Waals surface area contributed by atoms with Gasteiger partial charge in [-0.2, -0.15) is 0 Å². The van der Waals surface area contributed by atoms with Gasteiger partial charge >= 0.3 is 0 Å². The molecular weight excluding hydrogens is 222 g/mol. The summed E-state index contributed by atoms with van der Waals surface area (Å²) in [6.45, 7) is 8.51. The molecule has 0 aromatic rings. The van der Waals surface area contributed by atoms with Crippen molar-refractivity contribution >= 4 is 0 Å². The van der Waals surface area contributed by atoms with Gasteiger partial charge in [0.05, 0.1) is 6.10 Å². The first kappa shape index (κ1) is 15.0. The molecule has 0 aliphatic carbocycles. The Balaban J connectivity index is 2.44. The summed E-state index contributed by atoms with van der Waals surface area (Å²) >= 11 is 0. The average Bonchev–Trinajstić information content (AvgIpc) is 2.60. The van der Waals surface area contributed by atoms with Crippen molar-refractivity contribution in [2.45, 2.75) is 52.6 Å². The number of ether oxygens (including phenoxy) is 1. The molecular formula is C16H27NO. The fourth-order valence-corrected chi connectivity index (χ4v) is 2.02. The van der Waals surface area contributed by atoms with Gasteiger partial charge in [-0.25, -0.2) is 0 Å². The monoisotopic (exact) mass is 249 g/mol. The Morgan fingerprint density at radius 2 is 2.00 bits per heavy atom. The van der Waals surface area contributed by atoms with Gasteiger partial charge in [-0.15, -0.1) is 0 Å². The molecule has 1 heterocycles. The third kappa shape index (κ3) is 5.54. The smallest absolute Gasteiger partial charge is 0.0550 e. The van der Waals surface area contributed by atoms with Gasteiger partial charge in [0.1, 0.15) is 0 Å². The summed E-state index contributed by atoms with van der Waals surface area (Å²) in [7, 11) is 0. The lowest BCUT2D eigenvalue weighted by Gasteiger charge is -2.23. The van der Waals surface area contributed by atoms with E-state index in [-0.39, 0.29) is 0 Å². The second-order valence-electron chi connectivity index (χ2n) is 4.80. The molecule has 0 radical (unpaired) electrons. The van der Waals surface area contributed by atoms with Gasteiger partial charge in [0, 0.05) is 25.0 Å². The molecule has 0 aromatic heterocycles. The van der Waals surface area contributed by atoms with E-state index in [0.717, 1.165) is 32.4 Å². The zero-order valence-electron chi connectivity index (χ0n) is 12.1. The van der Waals surface area contributed by atoms with Crippen LogP contribution < -0.4 is 0 Å². The third-order valence-corrected chi connectivity index (χ3v) is 3.02. The third-order valence-electron chi connectivity index (χ3n) is 3.02. The molecule has 1 atom stereocenters. The fraction of sp³-hybridized carbons (Fsp3) is 0.625. The standard InChI is InChI=1S/C16H27NO/c1-4-12-17-13-8-6-7-9-16(17)11-10-15(3)18-14-5-2/h6-9,13,15H,4-5,10-12,14H2,1-3H3. The van der Waals surface area contributed by atoms with Gasteiger partial charge in [0.15, 0.2) is 0 Å². The molecule has 2 nitrogen and oxygen atoms in total. The van der Waals surface area contributed by atoms with Crippen molar-refractivity contribution in [1.82, 2.24) is 4.90 Å². The van der Waals surface area contributed by atoms with E-state index in [1.165, 1.54) is 12.1 Å². The molecule has 0 amide bonds. The van der Waals surface area contributed by atoms with Crippen molar-refractivity contribution in [3.05, 3.63) is 36.2 Å². The van der Waals surface area contributed by atoms with E-state index in [2.05, 4.69) is 56.2 Å². The summed E-state index contributed by atoms with van der Waals surface area (Å²) in [5, 5.41) is 0. The van der Waals surface area contributed by atoms with E-state index in [9.17, 15) is 0 Å². The highest BCUT2D eigenvalue weighted by molar-refractivity contribution is 5.22. The zero-order chi connectivity index (χ0) is 13.2. The second kappa shape index (κ2) is 8.98. The molecule has 18 heavy (non-hydrogen) atoms. The first-order valence-electron chi connectivity index (χ1n) is 7.20. The van der Waals surface area contributed by atoms with Crippen LogP contribution in [0.1, 0.15) is 46.5 Å². The molecule has 0 spiro atoms. The van der Waals surface area contributed by atoms with E-state index >= 15 is 0 Å². The largest absolute Gasteiger partial charge is 0.379 e. The van der Waals surface area contributed by atoms with Crippen LogP contribution >= 0.6 is 0 Å². The minimum Gasteiger partial charge on any atom is -0.379 e. The van der Waals surface area contributed by atoms with Gasteiger partial charge in [-0.05, 0) is 44.8 Å². The topological polar surface area (TPSA) is 12.5 Å². The minimum atomic E-state index is 0.352. The summed E-state index contributed by atoms with van der Waals surface area (Å²) in [4.78, 5) is 2.35. The molecule has 0 saturated heterocycles. The van der Waals surface area contributed by atoms with Gasteiger partial charge in [0.2, 0.25) is 0 Å². The first-order valence-corrected chi connectivity index (χ1v) is 7.20. The summed E-state index contributed by atoms with van der Waals surface area (Å²) in [5.74, 6) is 0. The Morgan fingerprint density at radius 1 is 1.17 bits per heavy atom. The highest BCUT2D eigenvalue weighted by atomic mass is 16.5. The van der Waals surface area contributed by atoms with Crippen LogP contribution in [0.4, 0.5) is 0 Å². The maximum absolute atomic E-state index is 5.73. The Morgan fingerprint density at radius 3 is 2.72 bits per heavy atom. The molecule has 2 heteroatoms. The maximum Gasteiger partial charge on any atom is 0.0550 e. The normalized spacial score (nSPS) is 16.6. The Hall–Kier alpha value is -1.02. The number of hydrogen-bond donors (Lipinski definition) is 0. The van der Waals surface area contributed by atoms with Crippen LogP contribution in [0.15, 0.2) is 36.2 Å². The van der Waals surface area contributed by atoms with Crippen LogP contribution in [0, 0.1) is 0 Å². The van der Waals surface area contributed by atoms with Crippen LogP contribution in [-0.2, 0) is 4.74 Å². The van der Waals surface area contributed by atoms with Crippen LogP contribution in [-0.4, -0.2) is 24.2 Å². The minimum absolute atomic E-state index is 0.352. The summed E-state index contributed by atoms with van der Waals surface area (Å²) in [6, 6.07) is 0. The quantitative estimate of drug-likeness (QED) is 0.637. The Labute approximate surface area is 112 Å². The van der Waals surface area contributed by atoms with E-state index < -0.39 is 0 Å². The molecule has 1 unspecified atom stereocenters. The molecule has 1 rings (SSSR count). The van der Waals surface area contributed by atoms with Crippen molar-refractivity contribution in [3.8, 4) is 0 Å². The molecule has 0 fully saturated rings. The summed E-state index contributed by atoms with van der Waals surface area (Å²) in [6.07, 6.45) is 15.5. The summed E-state index contributed by atoms with van der Waals surface area (Å²) in [5.41, 5.74) is 1.40.